The molecule has 1 N–H and O–H groups in total. The van der Waals surface area contributed by atoms with Gasteiger partial charge in [-0.25, -0.2) is 4.39 Å². The first-order chi connectivity index (χ1) is 6.65. The van der Waals surface area contributed by atoms with Crippen LogP contribution in [0, 0.1) is 12.7 Å². The summed E-state index contributed by atoms with van der Waals surface area (Å²) in [5.41, 5.74) is 1.07. The molecule has 0 aliphatic rings. The largest absolute Gasteiger partial charge is 0.310 e. The van der Waals surface area contributed by atoms with Crippen molar-refractivity contribution in [3.05, 3.63) is 35.1 Å². The average molecular weight is 195 g/mol. The van der Waals surface area contributed by atoms with Gasteiger partial charge >= 0.3 is 0 Å². The van der Waals surface area contributed by atoms with Gasteiger partial charge in [0.05, 0.1) is 12.1 Å². The van der Waals surface area contributed by atoms with Gasteiger partial charge in [0.2, 0.25) is 0 Å². The number of benzene rings is 1. The van der Waals surface area contributed by atoms with Gasteiger partial charge in [-0.15, -0.1) is 0 Å². The summed E-state index contributed by atoms with van der Waals surface area (Å²) in [6, 6.07) is 4.56. The molecule has 0 saturated heterocycles. The summed E-state index contributed by atoms with van der Waals surface area (Å²) in [4.78, 5) is 11.5. The lowest BCUT2D eigenvalue weighted by Crippen LogP contribution is -2.23. The van der Waals surface area contributed by atoms with Gasteiger partial charge in [0.1, 0.15) is 5.82 Å². The van der Waals surface area contributed by atoms with Gasteiger partial charge in [-0.3, -0.25) is 4.79 Å². The van der Waals surface area contributed by atoms with E-state index in [9.17, 15) is 9.18 Å². The predicted octanol–water partition coefficient (Wildman–Crippen LogP) is 1.93. The second-order valence-corrected chi connectivity index (χ2v) is 3.19. The molecule has 1 aromatic carbocycles. The van der Waals surface area contributed by atoms with Crippen LogP contribution in [0.15, 0.2) is 18.2 Å². The zero-order valence-electron chi connectivity index (χ0n) is 8.43. The Hall–Kier alpha value is -1.22. The summed E-state index contributed by atoms with van der Waals surface area (Å²) in [6.45, 7) is 4.64. The first-order valence-electron chi connectivity index (χ1n) is 4.65. The highest BCUT2D eigenvalue weighted by atomic mass is 19.1. The van der Waals surface area contributed by atoms with Gasteiger partial charge in [-0.1, -0.05) is 18.6 Å². The minimum Gasteiger partial charge on any atom is -0.310 e. The smallest absolute Gasteiger partial charge is 0.179 e. The van der Waals surface area contributed by atoms with Crippen molar-refractivity contribution in [3.8, 4) is 0 Å². The molecule has 0 fully saturated rings. The second-order valence-electron chi connectivity index (χ2n) is 3.19. The number of hydrogen-bond donors (Lipinski definition) is 1. The quantitative estimate of drug-likeness (QED) is 0.744. The molecule has 0 saturated carbocycles. The van der Waals surface area contributed by atoms with E-state index in [0.717, 1.165) is 5.56 Å². The lowest BCUT2D eigenvalue weighted by molar-refractivity contribution is 0.0988. The number of hydrogen-bond acceptors (Lipinski definition) is 2. The topological polar surface area (TPSA) is 29.1 Å². The van der Waals surface area contributed by atoms with Crippen LogP contribution in [-0.2, 0) is 0 Å². The number of likely N-dealkylation sites (N-methyl/N-ethyl adjacent to an activating group) is 1. The van der Waals surface area contributed by atoms with E-state index in [1.54, 1.807) is 12.1 Å². The molecule has 0 atom stereocenters. The van der Waals surface area contributed by atoms with Crippen LogP contribution in [0.4, 0.5) is 4.39 Å². The van der Waals surface area contributed by atoms with Crippen LogP contribution >= 0.6 is 0 Å². The molecule has 1 rings (SSSR count). The highest BCUT2D eigenvalue weighted by Gasteiger charge is 2.10. The monoisotopic (exact) mass is 195 g/mol. The van der Waals surface area contributed by atoms with Crippen molar-refractivity contribution in [2.45, 2.75) is 13.8 Å². The Morgan fingerprint density at radius 2 is 2.21 bits per heavy atom. The number of aryl methyl sites for hydroxylation is 1. The molecule has 3 heteroatoms. The maximum absolute atomic E-state index is 13.2. The molecule has 0 radical (unpaired) electrons. The zero-order valence-corrected chi connectivity index (χ0v) is 8.43. The number of rotatable bonds is 4. The van der Waals surface area contributed by atoms with E-state index in [2.05, 4.69) is 5.32 Å². The van der Waals surface area contributed by atoms with E-state index in [0.29, 0.717) is 6.54 Å². The molecule has 1 aromatic rings. The van der Waals surface area contributed by atoms with Crippen molar-refractivity contribution in [1.82, 2.24) is 5.32 Å². The van der Waals surface area contributed by atoms with Crippen LogP contribution in [0.2, 0.25) is 0 Å². The Morgan fingerprint density at radius 1 is 1.50 bits per heavy atom. The van der Waals surface area contributed by atoms with E-state index in [-0.39, 0.29) is 17.9 Å². The van der Waals surface area contributed by atoms with Gasteiger partial charge in [-0.2, -0.15) is 0 Å². The number of carbonyl (C=O) groups is 1. The molecule has 0 unspecified atom stereocenters. The van der Waals surface area contributed by atoms with Gasteiger partial charge in [0.25, 0.3) is 0 Å². The molecule has 0 bridgehead atoms. The first-order valence-corrected chi connectivity index (χ1v) is 4.65. The third kappa shape index (κ3) is 2.64. The molecule has 0 aliphatic carbocycles. The molecule has 0 spiro atoms. The van der Waals surface area contributed by atoms with Gasteiger partial charge in [0.15, 0.2) is 5.78 Å². The fourth-order valence-electron chi connectivity index (χ4n) is 1.19. The van der Waals surface area contributed by atoms with Crippen LogP contribution in [-0.4, -0.2) is 18.9 Å². The van der Waals surface area contributed by atoms with Crippen LogP contribution in [0.3, 0.4) is 0 Å². The fraction of sp³-hybridized carbons (Fsp3) is 0.364. The van der Waals surface area contributed by atoms with Gasteiger partial charge in [-0.05, 0) is 25.6 Å². The molecule has 14 heavy (non-hydrogen) atoms. The standard InChI is InChI=1S/C11H14FNO/c1-3-13-7-11(14)9-6-8(2)4-5-10(9)12/h4-6,13H,3,7H2,1-2H3. The first kappa shape index (κ1) is 10.9. The summed E-state index contributed by atoms with van der Waals surface area (Å²) >= 11 is 0. The van der Waals surface area contributed by atoms with Crippen LogP contribution in [0.25, 0.3) is 0 Å². The molecule has 0 aromatic heterocycles. The van der Waals surface area contributed by atoms with E-state index in [1.165, 1.54) is 6.07 Å². The molecule has 76 valence electrons. The Kier molecular flexibility index (Phi) is 3.77. The minimum absolute atomic E-state index is 0.172. The highest BCUT2D eigenvalue weighted by molar-refractivity contribution is 5.98. The summed E-state index contributed by atoms with van der Waals surface area (Å²) in [7, 11) is 0. The number of halogens is 1. The molecule has 0 aliphatic heterocycles. The third-order valence-electron chi connectivity index (χ3n) is 1.96. The van der Waals surface area contributed by atoms with Gasteiger partial charge < -0.3 is 5.32 Å². The SMILES string of the molecule is CCNCC(=O)c1cc(C)ccc1F. The Morgan fingerprint density at radius 3 is 2.86 bits per heavy atom. The van der Waals surface area contributed by atoms with Crippen LogP contribution < -0.4 is 5.32 Å². The number of Topliss-reactive ketones (excluding diaryl/α,β-unsaturated/α-hetero) is 1. The van der Waals surface area contributed by atoms with E-state index in [1.807, 2.05) is 13.8 Å². The van der Waals surface area contributed by atoms with Crippen molar-refractivity contribution < 1.29 is 9.18 Å². The van der Waals surface area contributed by atoms with Crippen molar-refractivity contribution in [2.24, 2.45) is 0 Å². The molecule has 0 heterocycles. The lowest BCUT2D eigenvalue weighted by atomic mass is 10.1. The molecular weight excluding hydrogens is 181 g/mol. The zero-order chi connectivity index (χ0) is 10.6. The minimum atomic E-state index is -0.446. The average Bonchev–Trinajstić information content (AvgIpc) is 2.18. The predicted molar refractivity (Wildman–Crippen MR) is 54.0 cm³/mol. The van der Waals surface area contributed by atoms with Crippen LogP contribution in [0.1, 0.15) is 22.8 Å². The Bertz CT molecular complexity index is 336. The van der Waals surface area contributed by atoms with E-state index >= 15 is 0 Å². The second kappa shape index (κ2) is 4.86. The molecular formula is C11H14FNO. The maximum atomic E-state index is 13.2. The Labute approximate surface area is 83.1 Å². The molecule has 2 nitrogen and oxygen atoms in total. The number of ketones is 1. The van der Waals surface area contributed by atoms with Crippen molar-refractivity contribution in [2.75, 3.05) is 13.1 Å². The van der Waals surface area contributed by atoms with Crippen molar-refractivity contribution >= 4 is 5.78 Å². The van der Waals surface area contributed by atoms with Crippen molar-refractivity contribution in [3.63, 3.8) is 0 Å². The van der Waals surface area contributed by atoms with E-state index in [4.69, 9.17) is 0 Å². The highest BCUT2D eigenvalue weighted by Crippen LogP contribution is 2.10. The summed E-state index contributed by atoms with van der Waals surface area (Å²) in [5, 5.41) is 2.88. The fourth-order valence-corrected chi connectivity index (χ4v) is 1.19. The third-order valence-corrected chi connectivity index (χ3v) is 1.96. The lowest BCUT2D eigenvalue weighted by Gasteiger charge is -2.03. The number of carbonyl (C=O) groups excluding carboxylic acids is 1. The summed E-state index contributed by atoms with van der Waals surface area (Å²) in [6.07, 6.45) is 0. The van der Waals surface area contributed by atoms with Crippen molar-refractivity contribution in [1.29, 1.82) is 0 Å². The molecule has 0 amide bonds. The summed E-state index contributed by atoms with van der Waals surface area (Å²) in [5.74, 6) is -0.647. The van der Waals surface area contributed by atoms with Gasteiger partial charge in [0, 0.05) is 0 Å². The van der Waals surface area contributed by atoms with Crippen LogP contribution in [0.5, 0.6) is 0 Å². The normalized spacial score (nSPS) is 10.2. The van der Waals surface area contributed by atoms with E-state index < -0.39 is 5.82 Å². The number of nitrogens with one attached hydrogen (secondary N) is 1. The summed E-state index contributed by atoms with van der Waals surface area (Å²) < 4.78 is 13.2. The maximum Gasteiger partial charge on any atom is 0.179 e. The Balaban J connectivity index is 2.83.